The Morgan fingerprint density at radius 1 is 1.42 bits per heavy atom. The molecule has 3 heteroatoms. The molecule has 1 atom stereocenters. The lowest BCUT2D eigenvalue weighted by Gasteiger charge is -2.16. The molecule has 1 nitrogen and oxygen atoms in total. The Hall–Kier alpha value is -1.19. The summed E-state index contributed by atoms with van der Waals surface area (Å²) in [6, 6.07) is 7.52. The summed E-state index contributed by atoms with van der Waals surface area (Å²) in [5.74, 6) is -0.162. The molecule has 0 aliphatic heterocycles. The molecule has 102 valence electrons. The SMILES string of the molecule is C=CCCC(NCCC)c1cc2ccc(F)cc2s1. The minimum absolute atomic E-state index is 0.162. The molecule has 2 aromatic rings. The van der Waals surface area contributed by atoms with Crippen LogP contribution in [0.5, 0.6) is 0 Å². The number of nitrogens with one attached hydrogen (secondary N) is 1. The molecule has 0 saturated carbocycles. The van der Waals surface area contributed by atoms with Crippen LogP contribution in [0.15, 0.2) is 36.9 Å². The normalized spacial score (nSPS) is 12.7. The van der Waals surface area contributed by atoms with Crippen molar-refractivity contribution in [2.75, 3.05) is 6.54 Å². The van der Waals surface area contributed by atoms with Crippen molar-refractivity contribution < 1.29 is 4.39 Å². The predicted octanol–water partition coefficient (Wildman–Crippen LogP) is 5.05. The second kappa shape index (κ2) is 6.83. The minimum atomic E-state index is -0.162. The van der Waals surface area contributed by atoms with E-state index in [1.807, 2.05) is 12.1 Å². The van der Waals surface area contributed by atoms with Gasteiger partial charge in [-0.3, -0.25) is 0 Å². The van der Waals surface area contributed by atoms with Crippen molar-refractivity contribution in [2.45, 2.75) is 32.2 Å². The minimum Gasteiger partial charge on any atom is -0.309 e. The van der Waals surface area contributed by atoms with Crippen molar-refractivity contribution in [1.82, 2.24) is 5.32 Å². The van der Waals surface area contributed by atoms with E-state index in [0.717, 1.165) is 35.9 Å². The van der Waals surface area contributed by atoms with Gasteiger partial charge in [0.05, 0.1) is 0 Å². The first-order chi connectivity index (χ1) is 9.24. The third-order valence-corrected chi connectivity index (χ3v) is 4.36. The lowest BCUT2D eigenvalue weighted by atomic mass is 10.1. The van der Waals surface area contributed by atoms with Gasteiger partial charge in [-0.05, 0) is 49.4 Å². The molecule has 1 aromatic heterocycles. The van der Waals surface area contributed by atoms with Crippen LogP contribution in [0.25, 0.3) is 10.1 Å². The van der Waals surface area contributed by atoms with E-state index in [4.69, 9.17) is 0 Å². The highest BCUT2D eigenvalue weighted by atomic mass is 32.1. The zero-order valence-corrected chi connectivity index (χ0v) is 12.1. The Morgan fingerprint density at radius 3 is 3.00 bits per heavy atom. The molecular formula is C16H20FNS. The maximum absolute atomic E-state index is 13.2. The van der Waals surface area contributed by atoms with Crippen molar-refractivity contribution in [1.29, 1.82) is 0 Å². The summed E-state index contributed by atoms with van der Waals surface area (Å²) in [6.45, 7) is 6.96. The van der Waals surface area contributed by atoms with E-state index in [9.17, 15) is 4.39 Å². The highest BCUT2D eigenvalue weighted by molar-refractivity contribution is 7.19. The molecule has 0 aliphatic carbocycles. The average molecular weight is 277 g/mol. The smallest absolute Gasteiger partial charge is 0.124 e. The summed E-state index contributed by atoms with van der Waals surface area (Å²) in [7, 11) is 0. The van der Waals surface area contributed by atoms with E-state index in [1.54, 1.807) is 17.4 Å². The van der Waals surface area contributed by atoms with Gasteiger partial charge in [0.1, 0.15) is 5.82 Å². The first kappa shape index (κ1) is 14.2. The fourth-order valence-corrected chi connectivity index (χ4v) is 3.34. The number of thiophene rings is 1. The van der Waals surface area contributed by atoms with E-state index >= 15 is 0 Å². The van der Waals surface area contributed by atoms with Crippen LogP contribution in [0.1, 0.15) is 37.1 Å². The molecule has 2 rings (SSSR count). The maximum atomic E-state index is 13.2. The zero-order valence-electron chi connectivity index (χ0n) is 11.3. The standard InChI is InChI=1S/C16H20FNS/c1-3-5-6-14(18-9-4-2)16-10-12-7-8-13(17)11-15(12)19-16/h3,7-8,10-11,14,18H,1,4-6,9H2,2H3. The number of hydrogen-bond acceptors (Lipinski definition) is 2. The third-order valence-electron chi connectivity index (χ3n) is 3.14. The van der Waals surface area contributed by atoms with Crippen LogP contribution >= 0.6 is 11.3 Å². The molecule has 1 unspecified atom stereocenters. The molecule has 1 aromatic carbocycles. The van der Waals surface area contributed by atoms with Crippen molar-refractivity contribution in [3.8, 4) is 0 Å². The van der Waals surface area contributed by atoms with E-state index in [2.05, 4.69) is 24.9 Å². The Labute approximate surface area is 118 Å². The number of hydrogen-bond donors (Lipinski definition) is 1. The van der Waals surface area contributed by atoms with Gasteiger partial charge in [-0.25, -0.2) is 4.39 Å². The number of allylic oxidation sites excluding steroid dienone is 1. The van der Waals surface area contributed by atoms with Crippen LogP contribution in [0.4, 0.5) is 4.39 Å². The molecule has 0 fully saturated rings. The van der Waals surface area contributed by atoms with Crippen molar-refractivity contribution in [3.05, 3.63) is 47.6 Å². The lowest BCUT2D eigenvalue weighted by Crippen LogP contribution is -2.21. The highest BCUT2D eigenvalue weighted by Crippen LogP contribution is 2.32. The quantitative estimate of drug-likeness (QED) is 0.698. The van der Waals surface area contributed by atoms with Crippen molar-refractivity contribution in [3.63, 3.8) is 0 Å². The first-order valence-corrected chi connectivity index (χ1v) is 7.59. The van der Waals surface area contributed by atoms with Gasteiger partial charge in [-0.15, -0.1) is 17.9 Å². The number of halogens is 1. The monoisotopic (exact) mass is 277 g/mol. The third kappa shape index (κ3) is 3.64. The summed E-state index contributed by atoms with van der Waals surface area (Å²) in [5.41, 5.74) is 0. The van der Waals surface area contributed by atoms with Gasteiger partial charge in [0.15, 0.2) is 0 Å². The summed E-state index contributed by atoms with van der Waals surface area (Å²) in [5, 5.41) is 4.69. The van der Waals surface area contributed by atoms with Gasteiger partial charge in [0.2, 0.25) is 0 Å². The number of rotatable bonds is 7. The zero-order chi connectivity index (χ0) is 13.7. The molecule has 0 bridgehead atoms. The fraction of sp³-hybridized carbons (Fsp3) is 0.375. The molecule has 0 amide bonds. The summed E-state index contributed by atoms with van der Waals surface area (Å²) < 4.78 is 14.3. The van der Waals surface area contributed by atoms with Gasteiger partial charge in [-0.1, -0.05) is 19.1 Å². The fourth-order valence-electron chi connectivity index (χ4n) is 2.15. The molecule has 1 N–H and O–H groups in total. The van der Waals surface area contributed by atoms with E-state index in [1.165, 1.54) is 10.9 Å². The summed E-state index contributed by atoms with van der Waals surface area (Å²) >= 11 is 1.68. The average Bonchev–Trinajstić information content (AvgIpc) is 2.81. The molecule has 19 heavy (non-hydrogen) atoms. The van der Waals surface area contributed by atoms with Crippen LogP contribution in [0.3, 0.4) is 0 Å². The highest BCUT2D eigenvalue weighted by Gasteiger charge is 2.13. The Bertz CT molecular complexity index is 547. The lowest BCUT2D eigenvalue weighted by molar-refractivity contribution is 0.510. The van der Waals surface area contributed by atoms with E-state index < -0.39 is 0 Å². The van der Waals surface area contributed by atoms with Crippen molar-refractivity contribution in [2.24, 2.45) is 0 Å². The van der Waals surface area contributed by atoms with Gasteiger partial charge >= 0.3 is 0 Å². The molecule has 0 saturated heterocycles. The topological polar surface area (TPSA) is 12.0 Å². The van der Waals surface area contributed by atoms with Crippen LogP contribution < -0.4 is 5.32 Å². The van der Waals surface area contributed by atoms with Crippen LogP contribution in [-0.2, 0) is 0 Å². The second-order valence-electron chi connectivity index (χ2n) is 4.70. The molecule has 1 heterocycles. The van der Waals surface area contributed by atoms with E-state index in [-0.39, 0.29) is 5.82 Å². The van der Waals surface area contributed by atoms with Crippen LogP contribution in [-0.4, -0.2) is 6.54 Å². The number of fused-ring (bicyclic) bond motifs is 1. The number of benzene rings is 1. The second-order valence-corrected chi connectivity index (χ2v) is 5.82. The van der Waals surface area contributed by atoms with Gasteiger partial charge in [-0.2, -0.15) is 0 Å². The molecule has 0 spiro atoms. The molecular weight excluding hydrogens is 257 g/mol. The van der Waals surface area contributed by atoms with Crippen LogP contribution in [0.2, 0.25) is 0 Å². The molecule has 0 radical (unpaired) electrons. The van der Waals surface area contributed by atoms with Gasteiger partial charge in [0, 0.05) is 15.6 Å². The van der Waals surface area contributed by atoms with E-state index in [0.29, 0.717) is 6.04 Å². The Kier molecular flexibility index (Phi) is 5.11. The van der Waals surface area contributed by atoms with Crippen LogP contribution in [0, 0.1) is 5.82 Å². The van der Waals surface area contributed by atoms with Gasteiger partial charge < -0.3 is 5.32 Å². The Balaban J connectivity index is 2.23. The van der Waals surface area contributed by atoms with Crippen molar-refractivity contribution >= 4 is 21.4 Å². The predicted molar refractivity (Wildman–Crippen MR) is 82.2 cm³/mol. The van der Waals surface area contributed by atoms with Gasteiger partial charge in [0.25, 0.3) is 0 Å². The summed E-state index contributed by atoms with van der Waals surface area (Å²) in [6.07, 6.45) is 5.10. The first-order valence-electron chi connectivity index (χ1n) is 6.78. The summed E-state index contributed by atoms with van der Waals surface area (Å²) in [4.78, 5) is 1.29. The largest absolute Gasteiger partial charge is 0.309 e. The molecule has 0 aliphatic rings. The Morgan fingerprint density at radius 2 is 2.26 bits per heavy atom. The maximum Gasteiger partial charge on any atom is 0.124 e.